The Labute approximate surface area is 225 Å². The van der Waals surface area contributed by atoms with E-state index in [1.807, 2.05) is 0 Å². The predicted molar refractivity (Wildman–Crippen MR) is 126 cm³/mol. The van der Waals surface area contributed by atoms with Crippen LogP contribution in [-0.4, -0.2) is 42.0 Å². The van der Waals surface area contributed by atoms with Gasteiger partial charge in [-0.15, -0.1) is 0 Å². The molecule has 3 rings (SSSR count). The first kappa shape index (κ1) is 31.2. The van der Waals surface area contributed by atoms with E-state index in [2.05, 4.69) is 4.74 Å². The summed E-state index contributed by atoms with van der Waals surface area (Å²) in [7, 11) is 0. The summed E-state index contributed by atoms with van der Waals surface area (Å²) in [5, 5.41) is 9.77. The minimum atomic E-state index is -5.05. The zero-order valence-electron chi connectivity index (χ0n) is 19.9. The maximum atomic E-state index is 13.4. The Morgan fingerprint density at radius 1 is 0.800 bits per heavy atom. The van der Waals surface area contributed by atoms with Gasteiger partial charge in [-0.2, -0.15) is 43.9 Å². The zero-order valence-corrected chi connectivity index (χ0v) is 20.7. The number of hydrogen-bond donors (Lipinski definition) is 1. The molecule has 4 nitrogen and oxygen atoms in total. The van der Waals surface area contributed by atoms with Crippen molar-refractivity contribution in [3.63, 3.8) is 0 Å². The van der Waals surface area contributed by atoms with Crippen molar-refractivity contribution in [3.05, 3.63) is 78.4 Å². The molecule has 0 radical (unpaired) electrons. The molecule has 3 aromatic carbocycles. The Bertz CT molecular complexity index is 1270. The molecule has 0 bridgehead atoms. The summed E-state index contributed by atoms with van der Waals surface area (Å²) >= 11 is -0.405. The van der Waals surface area contributed by atoms with E-state index in [4.69, 9.17) is 4.74 Å². The third kappa shape index (κ3) is 9.11. The van der Waals surface area contributed by atoms with Crippen molar-refractivity contribution < 1.29 is 58.5 Å². The minimum absolute atomic E-state index is 0.0373. The lowest BCUT2D eigenvalue weighted by atomic mass is 10.1. The molecule has 218 valence electrons. The molecule has 1 atom stereocenters. The Balaban J connectivity index is 1.95. The molecule has 0 heterocycles. The Morgan fingerprint density at radius 2 is 1.45 bits per heavy atom. The number of alkyl halides is 10. The number of aliphatic hydroxyl groups excluding tert-OH is 1. The van der Waals surface area contributed by atoms with Gasteiger partial charge in [0.15, 0.2) is 11.9 Å². The van der Waals surface area contributed by atoms with Crippen molar-refractivity contribution in [2.24, 2.45) is 0 Å². The van der Waals surface area contributed by atoms with Gasteiger partial charge in [0.25, 0.3) is 0 Å². The van der Waals surface area contributed by atoms with E-state index in [0.717, 1.165) is 29.2 Å². The van der Waals surface area contributed by atoms with Gasteiger partial charge >= 0.3 is 24.2 Å². The van der Waals surface area contributed by atoms with Gasteiger partial charge < -0.3 is 19.5 Å². The fourth-order valence-corrected chi connectivity index (χ4v) is 3.95. The predicted octanol–water partition coefficient (Wildman–Crippen LogP) is 8.26. The van der Waals surface area contributed by atoms with Gasteiger partial charge in [-0.1, -0.05) is 30.3 Å². The van der Waals surface area contributed by atoms with Gasteiger partial charge in [0, 0.05) is 11.4 Å². The van der Waals surface area contributed by atoms with E-state index in [1.54, 1.807) is 0 Å². The Hall–Kier alpha value is -3.33. The monoisotopic (exact) mass is 603 g/mol. The van der Waals surface area contributed by atoms with Gasteiger partial charge in [-0.25, -0.2) is 0 Å². The molecule has 0 unspecified atom stereocenters. The lowest BCUT2D eigenvalue weighted by Gasteiger charge is -2.30. The molecular weight excluding hydrogens is 584 g/mol. The summed E-state index contributed by atoms with van der Waals surface area (Å²) in [5.74, 6) is -0.882. The molecule has 0 aliphatic rings. The highest BCUT2D eigenvalue weighted by molar-refractivity contribution is 8.00. The SMILES string of the molecule is O[C@H](CN(Cc1cccc(OC(F)(F)C(F)F)c1)c1ccccc1Oc1cccc(SC(F)(F)F)c1)C(F)(F)F. The molecule has 1 N–H and O–H groups in total. The summed E-state index contributed by atoms with van der Waals surface area (Å²) in [6.45, 7) is -1.55. The lowest BCUT2D eigenvalue weighted by molar-refractivity contribution is -0.253. The maximum absolute atomic E-state index is 13.4. The quantitative estimate of drug-likeness (QED) is 0.177. The second-order valence-corrected chi connectivity index (χ2v) is 9.28. The van der Waals surface area contributed by atoms with E-state index in [-0.39, 0.29) is 27.6 Å². The molecular formula is C25H19F10NO3S. The Kier molecular flexibility index (Phi) is 9.72. The summed E-state index contributed by atoms with van der Waals surface area (Å²) < 4.78 is 139. The van der Waals surface area contributed by atoms with Crippen LogP contribution in [0.4, 0.5) is 49.6 Å². The molecule has 15 heteroatoms. The molecule has 0 saturated carbocycles. The summed E-state index contributed by atoms with van der Waals surface area (Å²) in [4.78, 5) is 0.760. The van der Waals surface area contributed by atoms with Crippen LogP contribution in [-0.2, 0) is 6.54 Å². The van der Waals surface area contributed by atoms with Crippen molar-refractivity contribution in [2.45, 2.75) is 41.8 Å². The molecule has 40 heavy (non-hydrogen) atoms. The minimum Gasteiger partial charge on any atom is -0.455 e. The van der Waals surface area contributed by atoms with Crippen LogP contribution >= 0.6 is 11.8 Å². The maximum Gasteiger partial charge on any atom is 0.461 e. The topological polar surface area (TPSA) is 41.9 Å². The third-order valence-corrected chi connectivity index (χ3v) is 5.74. The third-order valence-electron chi connectivity index (χ3n) is 5.02. The van der Waals surface area contributed by atoms with Crippen LogP contribution in [0.2, 0.25) is 0 Å². The standard InChI is InChI=1S/C25H19F10NO3S/c26-22(27)24(31,32)39-17-7-3-5-15(11-17)13-36(14-21(37)23(28,29)30)19-9-1-2-10-20(19)38-16-6-4-8-18(12-16)40-25(33,34)35/h1-12,21-22,37H,13-14H2/t21-/m1/s1. The smallest absolute Gasteiger partial charge is 0.455 e. The summed E-state index contributed by atoms with van der Waals surface area (Å²) in [6, 6.07) is 14.6. The van der Waals surface area contributed by atoms with Crippen LogP contribution in [0.15, 0.2) is 77.7 Å². The van der Waals surface area contributed by atoms with Crippen molar-refractivity contribution in [1.29, 1.82) is 0 Å². The number of hydrogen-bond acceptors (Lipinski definition) is 5. The number of thioether (sulfide) groups is 1. The van der Waals surface area contributed by atoms with E-state index >= 15 is 0 Å². The van der Waals surface area contributed by atoms with Crippen LogP contribution in [0, 0.1) is 0 Å². The first-order valence-corrected chi connectivity index (χ1v) is 11.9. The molecule has 0 aliphatic carbocycles. The van der Waals surface area contributed by atoms with E-state index in [0.29, 0.717) is 0 Å². The molecule has 3 aromatic rings. The fourth-order valence-electron chi connectivity index (χ4n) is 3.36. The number of ether oxygens (including phenoxy) is 2. The molecule has 0 aliphatic heterocycles. The average molecular weight is 603 g/mol. The van der Waals surface area contributed by atoms with Crippen LogP contribution in [0.25, 0.3) is 0 Å². The first-order chi connectivity index (χ1) is 18.5. The number of para-hydroxylation sites is 2. The van der Waals surface area contributed by atoms with E-state index in [1.165, 1.54) is 48.5 Å². The number of aliphatic hydroxyl groups is 1. The zero-order chi connectivity index (χ0) is 29.7. The second kappa shape index (κ2) is 12.5. The number of anilines is 1. The van der Waals surface area contributed by atoms with Crippen LogP contribution in [0.5, 0.6) is 17.2 Å². The summed E-state index contributed by atoms with van der Waals surface area (Å²) in [5.41, 5.74) is -4.60. The van der Waals surface area contributed by atoms with Gasteiger partial charge in [-0.3, -0.25) is 0 Å². The highest BCUT2D eigenvalue weighted by atomic mass is 32.2. The number of benzene rings is 3. The van der Waals surface area contributed by atoms with Gasteiger partial charge in [0.2, 0.25) is 0 Å². The summed E-state index contributed by atoms with van der Waals surface area (Å²) in [6.07, 6.45) is -16.9. The molecule has 0 fully saturated rings. The van der Waals surface area contributed by atoms with Crippen LogP contribution in [0.3, 0.4) is 0 Å². The number of rotatable bonds is 11. The number of nitrogens with zero attached hydrogens (tertiary/aromatic N) is 1. The fraction of sp³-hybridized carbons (Fsp3) is 0.280. The van der Waals surface area contributed by atoms with Gasteiger partial charge in [0.05, 0.1) is 12.2 Å². The second-order valence-electron chi connectivity index (χ2n) is 8.14. The number of halogens is 10. The molecule has 0 aromatic heterocycles. The van der Waals surface area contributed by atoms with Crippen LogP contribution in [0.1, 0.15) is 5.56 Å². The lowest BCUT2D eigenvalue weighted by Crippen LogP contribution is -2.41. The Morgan fingerprint density at radius 3 is 2.10 bits per heavy atom. The molecule has 0 amide bonds. The van der Waals surface area contributed by atoms with E-state index < -0.39 is 60.9 Å². The van der Waals surface area contributed by atoms with Gasteiger partial charge in [-0.05, 0) is 59.8 Å². The normalized spacial score (nSPS) is 13.3. The van der Waals surface area contributed by atoms with Crippen LogP contribution < -0.4 is 14.4 Å². The van der Waals surface area contributed by atoms with Gasteiger partial charge in [0.1, 0.15) is 11.5 Å². The van der Waals surface area contributed by atoms with Crippen molar-refractivity contribution in [1.82, 2.24) is 0 Å². The van der Waals surface area contributed by atoms with Crippen molar-refractivity contribution in [3.8, 4) is 17.2 Å². The molecule has 0 spiro atoms. The van der Waals surface area contributed by atoms with Crippen molar-refractivity contribution in [2.75, 3.05) is 11.4 Å². The highest BCUT2D eigenvalue weighted by Gasteiger charge is 2.44. The van der Waals surface area contributed by atoms with E-state index in [9.17, 15) is 49.0 Å². The highest BCUT2D eigenvalue weighted by Crippen LogP contribution is 2.40. The first-order valence-electron chi connectivity index (χ1n) is 11.1. The van der Waals surface area contributed by atoms with Crippen molar-refractivity contribution >= 4 is 17.4 Å². The largest absolute Gasteiger partial charge is 0.461 e. The average Bonchev–Trinajstić information content (AvgIpc) is 2.82. The molecule has 0 saturated heterocycles.